The van der Waals surface area contributed by atoms with E-state index in [2.05, 4.69) is 25.9 Å². The number of alkyl halides is 3. The molecule has 0 aliphatic heterocycles. The molecule has 0 bridgehead atoms. The zero-order chi connectivity index (χ0) is 24.7. The van der Waals surface area contributed by atoms with Crippen molar-refractivity contribution in [1.82, 2.24) is 15.3 Å². The first kappa shape index (κ1) is 25.3. The van der Waals surface area contributed by atoms with Crippen LogP contribution in [0.4, 0.5) is 35.2 Å². The lowest BCUT2D eigenvalue weighted by atomic mass is 10.1. The molecule has 0 aliphatic carbocycles. The normalized spacial score (nSPS) is 11.1. The Bertz CT molecular complexity index is 1160. The molecular formula is C22H19ClF3N5O2S. The molecule has 0 aliphatic rings. The van der Waals surface area contributed by atoms with Gasteiger partial charge in [-0.2, -0.15) is 13.2 Å². The maximum absolute atomic E-state index is 13.3. The van der Waals surface area contributed by atoms with Gasteiger partial charge in [-0.1, -0.05) is 42.4 Å². The Hall–Kier alpha value is -3.31. The van der Waals surface area contributed by atoms with E-state index in [1.807, 2.05) is 19.1 Å². The molecule has 7 nitrogen and oxygen atoms in total. The number of carbonyl (C=O) groups excluding carboxylic acids is 2. The largest absolute Gasteiger partial charge is 0.433 e. The number of anilines is 3. The molecule has 3 N–H and O–H groups in total. The van der Waals surface area contributed by atoms with Gasteiger partial charge in [-0.05, 0) is 48.4 Å². The number of hydrogen-bond donors (Lipinski definition) is 3. The summed E-state index contributed by atoms with van der Waals surface area (Å²) in [5, 5.41) is 7.57. The number of nitrogens with zero attached hydrogens (tertiary/aromatic N) is 2. The van der Waals surface area contributed by atoms with Crippen LogP contribution in [-0.4, -0.2) is 27.7 Å². The maximum atomic E-state index is 13.3. The Kier molecular flexibility index (Phi) is 8.35. The highest BCUT2D eigenvalue weighted by atomic mass is 35.5. The van der Waals surface area contributed by atoms with Crippen LogP contribution in [0.15, 0.2) is 59.8 Å². The minimum Gasteiger partial charge on any atom is -0.340 e. The summed E-state index contributed by atoms with van der Waals surface area (Å²) in [6.45, 7) is 2.00. The average Bonchev–Trinajstić information content (AvgIpc) is 2.79. The van der Waals surface area contributed by atoms with Gasteiger partial charge in [-0.3, -0.25) is 10.1 Å². The van der Waals surface area contributed by atoms with Crippen LogP contribution < -0.4 is 16.0 Å². The van der Waals surface area contributed by atoms with Crippen molar-refractivity contribution in [1.29, 1.82) is 0 Å². The summed E-state index contributed by atoms with van der Waals surface area (Å²) in [5.41, 5.74) is 0.877. The second-order valence-electron chi connectivity index (χ2n) is 6.89. The van der Waals surface area contributed by atoms with Crippen LogP contribution in [0.25, 0.3) is 0 Å². The molecule has 0 fully saturated rings. The van der Waals surface area contributed by atoms with E-state index in [-0.39, 0.29) is 16.7 Å². The van der Waals surface area contributed by atoms with Crippen molar-refractivity contribution in [3.63, 3.8) is 0 Å². The van der Waals surface area contributed by atoms with Crippen molar-refractivity contribution in [3.8, 4) is 0 Å². The Labute approximate surface area is 202 Å². The van der Waals surface area contributed by atoms with Crippen molar-refractivity contribution < 1.29 is 22.8 Å². The van der Waals surface area contributed by atoms with Gasteiger partial charge >= 0.3 is 12.2 Å². The molecule has 0 saturated heterocycles. The van der Waals surface area contributed by atoms with Crippen LogP contribution in [0.2, 0.25) is 5.02 Å². The predicted molar refractivity (Wildman–Crippen MR) is 125 cm³/mol. The zero-order valence-corrected chi connectivity index (χ0v) is 19.3. The number of aromatic nitrogens is 2. The quantitative estimate of drug-likeness (QED) is 0.271. The third-order valence-corrected chi connectivity index (χ3v) is 5.42. The number of halogens is 4. The molecule has 3 aromatic rings. The average molecular weight is 510 g/mol. The second-order valence-corrected chi connectivity index (χ2v) is 8.27. The molecule has 34 heavy (non-hydrogen) atoms. The van der Waals surface area contributed by atoms with Gasteiger partial charge in [-0.25, -0.2) is 14.8 Å². The van der Waals surface area contributed by atoms with Gasteiger partial charge in [0.05, 0.1) is 5.75 Å². The molecule has 3 rings (SSSR count). The van der Waals surface area contributed by atoms with E-state index in [0.717, 1.165) is 18.1 Å². The molecule has 0 unspecified atom stereocenters. The maximum Gasteiger partial charge on any atom is 0.433 e. The minimum absolute atomic E-state index is 0.110. The summed E-state index contributed by atoms with van der Waals surface area (Å²) in [7, 11) is 0. The van der Waals surface area contributed by atoms with Gasteiger partial charge in [-0.15, -0.1) is 0 Å². The second kappa shape index (κ2) is 11.2. The number of imide groups is 1. The van der Waals surface area contributed by atoms with Crippen molar-refractivity contribution in [2.45, 2.75) is 24.7 Å². The Morgan fingerprint density at radius 1 is 1.00 bits per heavy atom. The fraction of sp³-hybridized carbons (Fsp3) is 0.182. The number of carbonyl (C=O) groups is 2. The fourth-order valence-electron chi connectivity index (χ4n) is 2.66. The number of thioether (sulfide) groups is 1. The molecule has 12 heteroatoms. The van der Waals surface area contributed by atoms with E-state index >= 15 is 0 Å². The van der Waals surface area contributed by atoms with E-state index in [9.17, 15) is 22.8 Å². The summed E-state index contributed by atoms with van der Waals surface area (Å²) >= 11 is 6.48. The van der Waals surface area contributed by atoms with Crippen molar-refractivity contribution in [2.24, 2.45) is 0 Å². The van der Waals surface area contributed by atoms with Gasteiger partial charge in [0.2, 0.25) is 5.91 Å². The molecule has 0 atom stereocenters. The van der Waals surface area contributed by atoms with Crippen LogP contribution in [-0.2, 0) is 17.4 Å². The lowest BCUT2D eigenvalue weighted by molar-refractivity contribution is -0.141. The number of amides is 3. The van der Waals surface area contributed by atoms with Crippen LogP contribution >= 0.6 is 23.4 Å². The topological polar surface area (TPSA) is 96.0 Å². The van der Waals surface area contributed by atoms with E-state index in [1.165, 1.54) is 0 Å². The van der Waals surface area contributed by atoms with Gasteiger partial charge in [0.15, 0.2) is 10.9 Å². The minimum atomic E-state index is -4.72. The number of aryl methyl sites for hydroxylation is 1. The van der Waals surface area contributed by atoms with Crippen molar-refractivity contribution in [3.05, 3.63) is 70.9 Å². The Morgan fingerprint density at radius 2 is 1.65 bits per heavy atom. The van der Waals surface area contributed by atoms with Gasteiger partial charge in [0.25, 0.3) is 0 Å². The number of hydrogen-bond acceptors (Lipinski definition) is 6. The van der Waals surface area contributed by atoms with E-state index in [1.54, 1.807) is 36.4 Å². The van der Waals surface area contributed by atoms with Crippen LogP contribution in [0.5, 0.6) is 0 Å². The first-order chi connectivity index (χ1) is 16.1. The van der Waals surface area contributed by atoms with Gasteiger partial charge < -0.3 is 10.6 Å². The molecule has 0 radical (unpaired) electrons. The summed E-state index contributed by atoms with van der Waals surface area (Å²) in [6.07, 6.45) is -3.87. The van der Waals surface area contributed by atoms with Gasteiger partial charge in [0.1, 0.15) is 5.82 Å². The predicted octanol–water partition coefficient (Wildman–Crippen LogP) is 5.90. The van der Waals surface area contributed by atoms with Crippen molar-refractivity contribution in [2.75, 3.05) is 16.4 Å². The van der Waals surface area contributed by atoms with Crippen molar-refractivity contribution >= 4 is 52.5 Å². The molecular weight excluding hydrogens is 491 g/mol. The van der Waals surface area contributed by atoms with E-state index < -0.39 is 23.8 Å². The molecule has 178 valence electrons. The van der Waals surface area contributed by atoms with E-state index in [0.29, 0.717) is 28.2 Å². The summed E-state index contributed by atoms with van der Waals surface area (Å²) < 4.78 is 39.9. The Morgan fingerprint density at radius 3 is 2.26 bits per heavy atom. The number of rotatable bonds is 7. The highest BCUT2D eigenvalue weighted by molar-refractivity contribution is 7.99. The van der Waals surface area contributed by atoms with Gasteiger partial charge in [0, 0.05) is 22.5 Å². The number of nitrogens with one attached hydrogen (secondary N) is 3. The standard InChI is InChI=1S/C22H19ClF3N5O2S/c1-2-13-3-7-16(8-4-13)28-20(33)31-19(32)12-34-21-29-17(22(24,25)26)11-18(30-21)27-15-9-5-14(23)6-10-15/h3-11H,2,12H2,1H3,(H,27,29,30)(H2,28,31,32,33). The SMILES string of the molecule is CCc1ccc(NC(=O)NC(=O)CSc2nc(Nc3ccc(Cl)cc3)cc(C(F)(F)F)n2)cc1. The number of benzene rings is 2. The van der Waals surface area contributed by atoms with E-state index in [4.69, 9.17) is 11.6 Å². The molecule has 1 heterocycles. The first-order valence-corrected chi connectivity index (χ1v) is 11.3. The monoisotopic (exact) mass is 509 g/mol. The summed E-state index contributed by atoms with van der Waals surface area (Å²) in [4.78, 5) is 31.6. The smallest absolute Gasteiger partial charge is 0.340 e. The first-order valence-electron chi connectivity index (χ1n) is 9.94. The van der Waals surface area contributed by atoms with Crippen LogP contribution in [0, 0.1) is 0 Å². The highest BCUT2D eigenvalue weighted by Crippen LogP contribution is 2.31. The zero-order valence-electron chi connectivity index (χ0n) is 17.7. The molecule has 0 saturated carbocycles. The molecule has 3 amide bonds. The third kappa shape index (κ3) is 7.63. The Balaban J connectivity index is 1.63. The molecule has 0 spiro atoms. The summed E-state index contributed by atoms with van der Waals surface area (Å²) in [6, 6.07) is 13.4. The fourth-order valence-corrected chi connectivity index (χ4v) is 3.44. The molecule has 2 aromatic carbocycles. The lowest BCUT2D eigenvalue weighted by Gasteiger charge is -2.12. The third-order valence-electron chi connectivity index (χ3n) is 4.32. The van der Waals surface area contributed by atoms with Crippen LogP contribution in [0.1, 0.15) is 18.2 Å². The highest BCUT2D eigenvalue weighted by Gasteiger charge is 2.34. The lowest BCUT2D eigenvalue weighted by Crippen LogP contribution is -2.35. The summed E-state index contributed by atoms with van der Waals surface area (Å²) in [5.74, 6) is -1.20. The molecule has 1 aromatic heterocycles. The number of urea groups is 1. The van der Waals surface area contributed by atoms with Crippen LogP contribution in [0.3, 0.4) is 0 Å².